The average molecular weight is 311 g/mol. The second-order valence-electron chi connectivity index (χ2n) is 5.32. The molecule has 0 unspecified atom stereocenters. The first-order valence-corrected chi connectivity index (χ1v) is 8.02. The lowest BCUT2D eigenvalue weighted by Gasteiger charge is -2.29. The van der Waals surface area contributed by atoms with E-state index in [2.05, 4.69) is 15.2 Å². The minimum absolute atomic E-state index is 0.0300. The summed E-state index contributed by atoms with van der Waals surface area (Å²) in [6.07, 6.45) is 1.84. The lowest BCUT2D eigenvalue weighted by Crippen LogP contribution is -2.35. The number of hydrogen-bond acceptors (Lipinski definition) is 5. The minimum Gasteiger partial charge on any atom is -0.481 e. The predicted octanol–water partition coefficient (Wildman–Crippen LogP) is 2.10. The molecule has 6 nitrogen and oxygen atoms in total. The molecule has 0 saturated carbocycles. The van der Waals surface area contributed by atoms with Gasteiger partial charge < -0.3 is 10.4 Å². The van der Waals surface area contributed by atoms with Crippen molar-refractivity contribution >= 4 is 28.3 Å². The highest BCUT2D eigenvalue weighted by Gasteiger charge is 2.25. The second kappa shape index (κ2) is 7.00. The third kappa shape index (κ3) is 4.25. The number of anilines is 1. The SMILES string of the molecule is CCC(=O)Nc1nc(C)c(CN2CCC(C(=O)O)CC2)s1. The molecule has 1 aromatic rings. The maximum atomic E-state index is 11.4. The topological polar surface area (TPSA) is 82.5 Å². The standard InChI is InChI=1S/C14H21N3O3S/c1-3-12(18)16-14-15-9(2)11(21-14)8-17-6-4-10(5-7-17)13(19)20/h10H,3-8H2,1-2H3,(H,19,20)(H,15,16,18). The molecule has 21 heavy (non-hydrogen) atoms. The molecule has 1 aliphatic rings. The van der Waals surface area contributed by atoms with Crippen LogP contribution in [0.2, 0.25) is 0 Å². The zero-order chi connectivity index (χ0) is 15.4. The van der Waals surface area contributed by atoms with Crippen LogP contribution in [0.1, 0.15) is 36.8 Å². The van der Waals surface area contributed by atoms with E-state index in [0.29, 0.717) is 24.4 Å². The molecule has 0 aliphatic carbocycles. The lowest BCUT2D eigenvalue weighted by molar-refractivity contribution is -0.143. The molecule has 0 spiro atoms. The van der Waals surface area contributed by atoms with Crippen LogP contribution in [0, 0.1) is 12.8 Å². The number of rotatable bonds is 5. The van der Waals surface area contributed by atoms with Crippen LogP contribution < -0.4 is 5.32 Å². The zero-order valence-corrected chi connectivity index (χ0v) is 13.2. The van der Waals surface area contributed by atoms with Gasteiger partial charge in [-0.15, -0.1) is 11.3 Å². The van der Waals surface area contributed by atoms with Crippen molar-refractivity contribution in [1.82, 2.24) is 9.88 Å². The van der Waals surface area contributed by atoms with Crippen LogP contribution >= 0.6 is 11.3 Å². The Morgan fingerprint density at radius 1 is 1.43 bits per heavy atom. The number of likely N-dealkylation sites (tertiary alicyclic amines) is 1. The van der Waals surface area contributed by atoms with E-state index in [1.54, 1.807) is 0 Å². The number of nitrogens with one attached hydrogen (secondary N) is 1. The zero-order valence-electron chi connectivity index (χ0n) is 12.4. The van der Waals surface area contributed by atoms with E-state index < -0.39 is 5.97 Å². The van der Waals surface area contributed by atoms with E-state index in [-0.39, 0.29) is 11.8 Å². The molecule has 1 fully saturated rings. The van der Waals surface area contributed by atoms with Crippen molar-refractivity contribution in [3.63, 3.8) is 0 Å². The summed E-state index contributed by atoms with van der Waals surface area (Å²) in [6.45, 7) is 6.12. The molecule has 1 saturated heterocycles. The van der Waals surface area contributed by atoms with Crippen molar-refractivity contribution in [3.05, 3.63) is 10.6 Å². The number of carboxylic acid groups (broad SMARTS) is 1. The Hall–Kier alpha value is -1.47. The predicted molar refractivity (Wildman–Crippen MR) is 81.4 cm³/mol. The number of nitrogens with zero attached hydrogens (tertiary/aromatic N) is 2. The highest BCUT2D eigenvalue weighted by molar-refractivity contribution is 7.15. The molecule has 0 atom stereocenters. The number of piperidine rings is 1. The van der Waals surface area contributed by atoms with Crippen molar-refractivity contribution in [3.8, 4) is 0 Å². The third-order valence-electron chi connectivity index (χ3n) is 3.76. The number of aliphatic carboxylic acids is 1. The van der Waals surface area contributed by atoms with E-state index in [4.69, 9.17) is 5.11 Å². The fourth-order valence-corrected chi connectivity index (χ4v) is 3.40. The summed E-state index contributed by atoms with van der Waals surface area (Å²) < 4.78 is 0. The van der Waals surface area contributed by atoms with Crippen LogP contribution in [0.5, 0.6) is 0 Å². The van der Waals surface area contributed by atoms with E-state index in [0.717, 1.165) is 30.2 Å². The first kappa shape index (κ1) is 15.9. The molecular weight excluding hydrogens is 290 g/mol. The lowest BCUT2D eigenvalue weighted by atomic mass is 9.97. The van der Waals surface area contributed by atoms with E-state index in [9.17, 15) is 9.59 Å². The van der Waals surface area contributed by atoms with Crippen molar-refractivity contribution < 1.29 is 14.7 Å². The van der Waals surface area contributed by atoms with Gasteiger partial charge >= 0.3 is 5.97 Å². The van der Waals surface area contributed by atoms with Gasteiger partial charge in [0.05, 0.1) is 11.6 Å². The Morgan fingerprint density at radius 3 is 2.67 bits per heavy atom. The van der Waals surface area contributed by atoms with Crippen molar-refractivity contribution in [2.45, 2.75) is 39.7 Å². The second-order valence-corrected chi connectivity index (χ2v) is 6.40. The molecule has 0 radical (unpaired) electrons. The molecule has 116 valence electrons. The first-order chi connectivity index (χ1) is 9.99. The molecule has 1 amide bonds. The Kier molecular flexibility index (Phi) is 5.30. The molecule has 0 bridgehead atoms. The van der Waals surface area contributed by atoms with Crippen LogP contribution in [-0.4, -0.2) is 40.0 Å². The van der Waals surface area contributed by atoms with Crippen molar-refractivity contribution in [2.75, 3.05) is 18.4 Å². The Labute approximate surface area is 128 Å². The summed E-state index contributed by atoms with van der Waals surface area (Å²) in [6, 6.07) is 0. The van der Waals surface area contributed by atoms with E-state index in [1.807, 2.05) is 13.8 Å². The number of amides is 1. The van der Waals surface area contributed by atoms with Gasteiger partial charge in [0.15, 0.2) is 5.13 Å². The molecule has 0 aromatic carbocycles. The van der Waals surface area contributed by atoms with Gasteiger partial charge in [-0.1, -0.05) is 6.92 Å². The summed E-state index contributed by atoms with van der Waals surface area (Å²) in [4.78, 5) is 30.1. The molecular formula is C14H21N3O3S. The quantitative estimate of drug-likeness (QED) is 0.870. The number of carbonyl (C=O) groups excluding carboxylic acids is 1. The number of aromatic nitrogens is 1. The van der Waals surface area contributed by atoms with Gasteiger partial charge in [-0.2, -0.15) is 0 Å². The van der Waals surface area contributed by atoms with Crippen LogP contribution in [0.4, 0.5) is 5.13 Å². The fourth-order valence-electron chi connectivity index (χ4n) is 2.38. The van der Waals surface area contributed by atoms with Crippen LogP contribution in [0.25, 0.3) is 0 Å². The van der Waals surface area contributed by atoms with Gasteiger partial charge in [-0.3, -0.25) is 14.5 Å². The number of carboxylic acids is 1. The Balaban J connectivity index is 1.91. The Bertz CT molecular complexity index is 522. The highest BCUT2D eigenvalue weighted by Crippen LogP contribution is 2.26. The van der Waals surface area contributed by atoms with E-state index in [1.165, 1.54) is 11.3 Å². The van der Waals surface area contributed by atoms with Crippen LogP contribution in [0.15, 0.2) is 0 Å². The average Bonchev–Trinajstić information content (AvgIpc) is 2.79. The summed E-state index contributed by atoms with van der Waals surface area (Å²) in [5.74, 6) is -0.922. The smallest absolute Gasteiger partial charge is 0.306 e. The molecule has 1 aliphatic heterocycles. The van der Waals surface area contributed by atoms with Crippen molar-refractivity contribution in [2.24, 2.45) is 5.92 Å². The van der Waals surface area contributed by atoms with Gasteiger partial charge in [0.2, 0.25) is 5.91 Å². The number of carbonyl (C=O) groups is 2. The molecule has 7 heteroatoms. The summed E-state index contributed by atoms with van der Waals surface area (Å²) >= 11 is 1.50. The largest absolute Gasteiger partial charge is 0.481 e. The summed E-state index contributed by atoms with van der Waals surface area (Å²) in [5, 5.41) is 12.4. The number of hydrogen-bond donors (Lipinski definition) is 2. The fraction of sp³-hybridized carbons (Fsp3) is 0.643. The van der Waals surface area contributed by atoms with Crippen LogP contribution in [-0.2, 0) is 16.1 Å². The van der Waals surface area contributed by atoms with Crippen LogP contribution in [0.3, 0.4) is 0 Å². The minimum atomic E-state index is -0.687. The summed E-state index contributed by atoms with van der Waals surface area (Å²) in [5.41, 5.74) is 0.937. The van der Waals surface area contributed by atoms with E-state index >= 15 is 0 Å². The van der Waals surface area contributed by atoms with Crippen molar-refractivity contribution in [1.29, 1.82) is 0 Å². The highest BCUT2D eigenvalue weighted by atomic mass is 32.1. The van der Waals surface area contributed by atoms with Gasteiger partial charge in [0.1, 0.15) is 0 Å². The maximum absolute atomic E-state index is 11.4. The molecule has 2 heterocycles. The maximum Gasteiger partial charge on any atom is 0.306 e. The number of thiazole rings is 1. The Morgan fingerprint density at radius 2 is 2.10 bits per heavy atom. The monoisotopic (exact) mass is 311 g/mol. The third-order valence-corrected chi connectivity index (χ3v) is 4.82. The van der Waals surface area contributed by atoms with Gasteiger partial charge in [-0.25, -0.2) is 4.98 Å². The molecule has 2 N–H and O–H groups in total. The molecule has 1 aromatic heterocycles. The van der Waals surface area contributed by atoms with Gasteiger partial charge in [0, 0.05) is 17.8 Å². The number of aryl methyl sites for hydroxylation is 1. The van der Waals surface area contributed by atoms with Gasteiger partial charge in [-0.05, 0) is 32.9 Å². The first-order valence-electron chi connectivity index (χ1n) is 7.21. The van der Waals surface area contributed by atoms with Gasteiger partial charge in [0.25, 0.3) is 0 Å². The normalized spacial score (nSPS) is 16.9. The molecule has 2 rings (SSSR count). The summed E-state index contributed by atoms with van der Waals surface area (Å²) in [7, 11) is 0.